The summed E-state index contributed by atoms with van der Waals surface area (Å²) >= 11 is 0. The van der Waals surface area contributed by atoms with Gasteiger partial charge in [-0.05, 0) is 6.42 Å². The van der Waals surface area contributed by atoms with Crippen molar-refractivity contribution in [1.29, 1.82) is 1.43 Å². The van der Waals surface area contributed by atoms with Crippen LogP contribution in [0.25, 0.3) is 0 Å². The molecule has 0 aliphatic heterocycles. The Morgan fingerprint density at radius 2 is 2.50 bits per heavy atom. The summed E-state index contributed by atoms with van der Waals surface area (Å²) in [7, 11) is 0. The van der Waals surface area contributed by atoms with Crippen LogP contribution in [0.1, 0.15) is 6.42 Å². The molecule has 0 spiro atoms. The van der Waals surface area contributed by atoms with Crippen LogP contribution in [0.3, 0.4) is 0 Å². The Hall–Kier alpha value is -0.640. The van der Waals surface area contributed by atoms with Crippen LogP contribution in [0.5, 0.6) is 0 Å². The second-order valence-electron chi connectivity index (χ2n) is 2.35. The first kappa shape index (κ1) is 9.45. The molecule has 0 bridgehead atoms. The fraction of sp³-hybridized carbons (Fsp3) is 0.556. The minimum atomic E-state index is -0.708. The van der Waals surface area contributed by atoms with E-state index in [-0.39, 0.29) is 13.2 Å². The summed E-state index contributed by atoms with van der Waals surface area (Å²) in [5.41, 5.74) is 0. The van der Waals surface area contributed by atoms with Crippen molar-refractivity contribution in [2.75, 3.05) is 19.8 Å². The van der Waals surface area contributed by atoms with Crippen LogP contribution in [0, 0.1) is 0 Å². The van der Waals surface area contributed by atoms with E-state index in [0.29, 0.717) is 6.61 Å². The quantitative estimate of drug-likeness (QED) is 0.415. The molecule has 0 aromatic carbocycles. The molecule has 3 nitrogen and oxygen atoms in total. The molecule has 0 aliphatic carbocycles. The number of ether oxygens (including phenoxy) is 1. The zero-order valence-electron chi connectivity index (χ0n) is 8.11. The summed E-state index contributed by atoms with van der Waals surface area (Å²) in [6.45, 7) is 4.28. The van der Waals surface area contributed by atoms with E-state index < -0.39 is 6.10 Å². The molecule has 2 N–H and O–H groups in total. The van der Waals surface area contributed by atoms with Crippen LogP contribution in [-0.4, -0.2) is 37.6 Å². The summed E-state index contributed by atoms with van der Waals surface area (Å²) in [6, 6.07) is 0. The van der Waals surface area contributed by atoms with E-state index in [0.717, 1.165) is 6.42 Å². The molecule has 1 unspecified atom stereocenters. The van der Waals surface area contributed by atoms with Gasteiger partial charge < -0.3 is 15.0 Å². The lowest BCUT2D eigenvalue weighted by molar-refractivity contribution is 0.00768. The average molecular weight is 173 g/mol. The largest absolute Gasteiger partial charge is 0.394 e. The van der Waals surface area contributed by atoms with Gasteiger partial charge in [0.1, 0.15) is 6.10 Å². The lowest BCUT2D eigenvalue weighted by Gasteiger charge is -2.06. The van der Waals surface area contributed by atoms with Crippen molar-refractivity contribution >= 4 is 0 Å². The maximum Gasteiger partial charge on any atom is 0.210 e. The molecule has 0 heterocycles. The molecule has 0 aliphatic rings. The lowest BCUT2D eigenvalue weighted by Crippen LogP contribution is -2.19. The molecule has 0 amide bonds. The Balaban J connectivity index is 3.15. The first-order chi connectivity index (χ1) is 6.31. The van der Waals surface area contributed by atoms with Crippen molar-refractivity contribution in [3.05, 3.63) is 24.8 Å². The molecule has 0 aromatic heterocycles. The Morgan fingerprint density at radius 1 is 1.67 bits per heavy atom. The molecule has 0 aromatic rings. The number of rotatable bonds is 8. The van der Waals surface area contributed by atoms with E-state index in [9.17, 15) is 0 Å². The van der Waals surface area contributed by atoms with Crippen molar-refractivity contribution in [1.82, 2.24) is 0 Å². The van der Waals surface area contributed by atoms with Gasteiger partial charge in [-0.1, -0.05) is 24.8 Å². The zero-order valence-corrected chi connectivity index (χ0v) is 7.11. The Kier molecular flexibility index (Phi) is 6.66. The minimum absolute atomic E-state index is 0.0114. The highest BCUT2D eigenvalue weighted by atomic mass is 16.5. The summed E-state index contributed by atoms with van der Waals surface area (Å²) in [5, 5.41) is 13.0. The maximum absolute atomic E-state index is 9.05. The van der Waals surface area contributed by atoms with Crippen molar-refractivity contribution in [3.63, 3.8) is 0 Å². The van der Waals surface area contributed by atoms with Crippen molar-refractivity contribution < 1.29 is 15.0 Å². The standard InChI is InChI=1S/C9H16O3/c1-2-3-4-5-6-12-8-9(11)7-10/h2-4,9-11H,1,5-8H2/i10D. The second-order valence-corrected chi connectivity index (χ2v) is 2.35. The number of hydrogen-bond acceptors (Lipinski definition) is 3. The molecule has 70 valence electrons. The van der Waals surface area contributed by atoms with Crippen LogP contribution in [0.2, 0.25) is 0 Å². The van der Waals surface area contributed by atoms with Crippen molar-refractivity contribution in [2.24, 2.45) is 0 Å². The second kappa shape index (κ2) is 8.46. The van der Waals surface area contributed by atoms with Gasteiger partial charge >= 0.3 is 0 Å². The van der Waals surface area contributed by atoms with Crippen molar-refractivity contribution in [2.45, 2.75) is 12.5 Å². The predicted octanol–water partition coefficient (Wildman–Crippen LogP) is 0.488. The first-order valence-corrected chi connectivity index (χ1v) is 3.92. The van der Waals surface area contributed by atoms with E-state index in [1.807, 2.05) is 12.2 Å². The lowest BCUT2D eigenvalue weighted by atomic mass is 10.4. The summed E-state index contributed by atoms with van der Waals surface area (Å²) in [4.78, 5) is 0. The summed E-state index contributed by atoms with van der Waals surface area (Å²) < 4.78 is 11.5. The number of aliphatic hydroxyl groups excluding tert-OH is 2. The van der Waals surface area contributed by atoms with Crippen LogP contribution in [-0.2, 0) is 4.74 Å². The van der Waals surface area contributed by atoms with Gasteiger partial charge in [0.2, 0.25) is 1.43 Å². The maximum atomic E-state index is 9.05. The van der Waals surface area contributed by atoms with Gasteiger partial charge in [0.05, 0.1) is 19.8 Å². The average Bonchev–Trinajstić information content (AvgIpc) is 2.11. The van der Waals surface area contributed by atoms with Gasteiger partial charge in [0.25, 0.3) is 0 Å². The van der Waals surface area contributed by atoms with Gasteiger partial charge in [-0.15, -0.1) is 0 Å². The third-order valence-electron chi connectivity index (χ3n) is 1.20. The Labute approximate surface area is 74.5 Å². The third kappa shape index (κ3) is 7.47. The molecule has 3 heteroatoms. The highest BCUT2D eigenvalue weighted by Gasteiger charge is 1.99. The molecule has 0 radical (unpaired) electrons. The molecular formula is C9H16O3. The van der Waals surface area contributed by atoms with Gasteiger partial charge in [-0.3, -0.25) is 0 Å². The smallest absolute Gasteiger partial charge is 0.210 e. The molecule has 1 atom stereocenters. The highest BCUT2D eigenvalue weighted by molar-refractivity contribution is 4.96. The zero-order chi connectivity index (χ0) is 9.94. The minimum Gasteiger partial charge on any atom is -0.394 e. The molecule has 0 fully saturated rings. The fourth-order valence-corrected chi connectivity index (χ4v) is 0.611. The molecule has 0 saturated heterocycles. The first-order valence-electron chi connectivity index (χ1n) is 4.33. The van der Waals surface area contributed by atoms with Gasteiger partial charge in [-0.25, -0.2) is 0 Å². The van der Waals surface area contributed by atoms with Crippen LogP contribution in [0.4, 0.5) is 0 Å². The normalized spacial score (nSPS) is 14.6. The molecule has 0 saturated carbocycles. The number of hydrogen-bond donors (Lipinski definition) is 2. The predicted molar refractivity (Wildman–Crippen MR) is 47.9 cm³/mol. The van der Waals surface area contributed by atoms with Crippen LogP contribution >= 0.6 is 0 Å². The molecule has 0 rings (SSSR count). The van der Waals surface area contributed by atoms with E-state index in [2.05, 4.69) is 11.7 Å². The topological polar surface area (TPSA) is 49.7 Å². The van der Waals surface area contributed by atoms with E-state index in [1.54, 1.807) is 6.08 Å². The Morgan fingerprint density at radius 3 is 3.17 bits per heavy atom. The molecular weight excluding hydrogens is 156 g/mol. The number of allylic oxidation sites excluding steroid dienone is 2. The Bertz CT molecular complexity index is 148. The van der Waals surface area contributed by atoms with E-state index in [1.165, 1.54) is 0 Å². The van der Waals surface area contributed by atoms with E-state index >= 15 is 0 Å². The molecule has 12 heavy (non-hydrogen) atoms. The van der Waals surface area contributed by atoms with E-state index in [4.69, 9.17) is 11.3 Å². The van der Waals surface area contributed by atoms with Crippen LogP contribution in [0.15, 0.2) is 24.8 Å². The summed E-state index contributed by atoms with van der Waals surface area (Å²) in [5.74, 6) is 0. The van der Waals surface area contributed by atoms with Gasteiger partial charge in [0, 0.05) is 0 Å². The van der Waals surface area contributed by atoms with Crippen molar-refractivity contribution in [3.8, 4) is 0 Å². The fourth-order valence-electron chi connectivity index (χ4n) is 0.611. The SMILES string of the molecule is [2H]OCC(O)COCCC=CC=C. The monoisotopic (exact) mass is 173 g/mol. The highest BCUT2D eigenvalue weighted by Crippen LogP contribution is 1.88. The van der Waals surface area contributed by atoms with Gasteiger partial charge in [-0.2, -0.15) is 0 Å². The number of aliphatic hydroxyl groups is 2. The summed E-state index contributed by atoms with van der Waals surface area (Å²) in [6.07, 6.45) is 5.55. The van der Waals surface area contributed by atoms with Gasteiger partial charge in [0.15, 0.2) is 0 Å². The van der Waals surface area contributed by atoms with Crippen LogP contribution < -0.4 is 0 Å². The third-order valence-corrected chi connectivity index (χ3v) is 1.20.